The number of fused-ring (bicyclic) bond motifs is 1. The second kappa shape index (κ2) is 6.27. The van der Waals surface area contributed by atoms with Crippen LogP contribution in [-0.4, -0.2) is 42.2 Å². The zero-order chi connectivity index (χ0) is 17.4. The van der Waals surface area contributed by atoms with Crippen LogP contribution in [0.1, 0.15) is 24.8 Å². The van der Waals surface area contributed by atoms with Gasteiger partial charge in [-0.15, -0.1) is 0 Å². The van der Waals surface area contributed by atoms with Gasteiger partial charge in [-0.05, 0) is 30.9 Å². The Kier molecular flexibility index (Phi) is 4.46. The number of halogens is 3. The monoisotopic (exact) mass is 343 g/mol. The van der Waals surface area contributed by atoms with E-state index >= 15 is 0 Å². The molecule has 0 bridgehead atoms. The number of carbonyl (C=O) groups is 1. The van der Waals surface area contributed by atoms with Gasteiger partial charge < -0.3 is 9.84 Å². The number of carboxylic acids is 1. The molecule has 0 unspecified atom stereocenters. The number of hydrogen-bond donors (Lipinski definition) is 1. The van der Waals surface area contributed by atoms with Crippen molar-refractivity contribution in [3.8, 4) is 5.75 Å². The molecular weight excluding hydrogens is 323 g/mol. The number of alkyl halides is 3. The highest BCUT2D eigenvalue weighted by Gasteiger charge is 2.54. The normalized spacial score (nSPS) is 27.2. The lowest BCUT2D eigenvalue weighted by Crippen LogP contribution is -2.36. The Balaban J connectivity index is 1.58. The molecule has 0 radical (unpaired) electrons. The summed E-state index contributed by atoms with van der Waals surface area (Å²) in [4.78, 5) is 13.6. The summed E-state index contributed by atoms with van der Waals surface area (Å²) in [5.41, 5.74) is -1.46. The minimum atomic E-state index is -4.45. The lowest BCUT2D eigenvalue weighted by molar-refractivity contribution is -0.149. The van der Waals surface area contributed by atoms with Crippen LogP contribution in [0.25, 0.3) is 0 Å². The average molecular weight is 343 g/mol. The lowest BCUT2D eigenvalue weighted by atomic mass is 9.81. The molecule has 0 aromatic heterocycles. The average Bonchev–Trinajstić information content (AvgIpc) is 3.04. The van der Waals surface area contributed by atoms with Gasteiger partial charge >= 0.3 is 12.1 Å². The molecule has 1 aliphatic heterocycles. The van der Waals surface area contributed by atoms with Crippen LogP contribution in [0.3, 0.4) is 0 Å². The number of hydrogen-bond acceptors (Lipinski definition) is 3. The molecule has 1 heterocycles. The fourth-order valence-electron chi connectivity index (χ4n) is 4.02. The maximum atomic E-state index is 12.9. The SMILES string of the molecule is O=C(O)[C@@]12CCC[C@H]1CN(CCOc1ccccc1C(F)(F)F)C2. The molecule has 3 rings (SSSR count). The third kappa shape index (κ3) is 3.09. The minimum absolute atomic E-state index is 0.107. The molecule has 1 aromatic rings. The van der Waals surface area contributed by atoms with Crippen molar-refractivity contribution in [1.82, 2.24) is 4.90 Å². The highest BCUT2D eigenvalue weighted by atomic mass is 19.4. The number of rotatable bonds is 5. The van der Waals surface area contributed by atoms with Gasteiger partial charge in [-0.1, -0.05) is 18.6 Å². The Bertz CT molecular complexity index is 619. The van der Waals surface area contributed by atoms with Crippen LogP contribution < -0.4 is 4.74 Å². The van der Waals surface area contributed by atoms with Crippen molar-refractivity contribution in [3.63, 3.8) is 0 Å². The molecule has 1 aliphatic carbocycles. The number of likely N-dealkylation sites (tertiary alicyclic amines) is 1. The van der Waals surface area contributed by atoms with Gasteiger partial charge in [0.1, 0.15) is 12.4 Å². The molecule has 2 atom stereocenters. The van der Waals surface area contributed by atoms with Gasteiger partial charge in [-0.25, -0.2) is 0 Å². The first-order valence-electron chi connectivity index (χ1n) is 8.08. The van der Waals surface area contributed by atoms with Crippen molar-refractivity contribution in [3.05, 3.63) is 29.8 Å². The van der Waals surface area contributed by atoms with Gasteiger partial charge in [-0.3, -0.25) is 9.69 Å². The summed E-state index contributed by atoms with van der Waals surface area (Å²) in [5, 5.41) is 9.54. The van der Waals surface area contributed by atoms with Gasteiger partial charge in [0, 0.05) is 19.6 Å². The molecule has 2 fully saturated rings. The summed E-state index contributed by atoms with van der Waals surface area (Å²) in [6.45, 7) is 1.67. The number of aliphatic carboxylic acids is 1. The molecule has 0 spiro atoms. The number of ether oxygens (including phenoxy) is 1. The van der Waals surface area contributed by atoms with E-state index in [0.717, 1.165) is 18.9 Å². The van der Waals surface area contributed by atoms with Crippen LogP contribution in [-0.2, 0) is 11.0 Å². The zero-order valence-electron chi connectivity index (χ0n) is 13.2. The molecule has 132 valence electrons. The maximum absolute atomic E-state index is 12.9. The van der Waals surface area contributed by atoms with Crippen molar-refractivity contribution >= 4 is 5.97 Å². The van der Waals surface area contributed by atoms with E-state index in [-0.39, 0.29) is 18.3 Å². The third-order valence-corrected chi connectivity index (χ3v) is 5.22. The molecule has 2 aliphatic rings. The van der Waals surface area contributed by atoms with Crippen LogP contribution in [0.4, 0.5) is 13.2 Å². The van der Waals surface area contributed by atoms with Gasteiger partial charge in [0.2, 0.25) is 0 Å². The Morgan fingerprint density at radius 1 is 1.38 bits per heavy atom. The first-order valence-corrected chi connectivity index (χ1v) is 8.08. The Hall–Kier alpha value is -1.76. The largest absolute Gasteiger partial charge is 0.492 e. The summed E-state index contributed by atoms with van der Waals surface area (Å²) in [5.74, 6) is -0.800. The van der Waals surface area contributed by atoms with E-state index in [2.05, 4.69) is 0 Å². The van der Waals surface area contributed by atoms with Crippen molar-refractivity contribution in [2.24, 2.45) is 11.3 Å². The summed E-state index contributed by atoms with van der Waals surface area (Å²) in [6, 6.07) is 5.13. The topological polar surface area (TPSA) is 49.8 Å². The van der Waals surface area contributed by atoms with Crippen LogP contribution in [0.15, 0.2) is 24.3 Å². The third-order valence-electron chi connectivity index (χ3n) is 5.22. The van der Waals surface area contributed by atoms with E-state index in [1.54, 1.807) is 0 Å². The number of para-hydroxylation sites is 1. The lowest BCUT2D eigenvalue weighted by Gasteiger charge is -2.23. The molecule has 7 heteroatoms. The summed E-state index contributed by atoms with van der Waals surface area (Å²) in [6.07, 6.45) is -1.93. The van der Waals surface area contributed by atoms with Crippen LogP contribution in [0.5, 0.6) is 5.75 Å². The smallest absolute Gasteiger partial charge is 0.419 e. The predicted molar refractivity (Wildman–Crippen MR) is 80.8 cm³/mol. The van der Waals surface area contributed by atoms with Crippen LogP contribution >= 0.6 is 0 Å². The fraction of sp³-hybridized carbons (Fsp3) is 0.588. The molecule has 4 nitrogen and oxygen atoms in total. The molecule has 24 heavy (non-hydrogen) atoms. The number of carboxylic acid groups (broad SMARTS) is 1. The predicted octanol–water partition coefficient (Wildman–Crippen LogP) is 3.27. The van der Waals surface area contributed by atoms with Gasteiger partial charge in [0.15, 0.2) is 0 Å². The second-order valence-corrected chi connectivity index (χ2v) is 6.63. The van der Waals surface area contributed by atoms with Crippen molar-refractivity contribution in [2.45, 2.75) is 25.4 Å². The van der Waals surface area contributed by atoms with Crippen LogP contribution in [0.2, 0.25) is 0 Å². The zero-order valence-corrected chi connectivity index (χ0v) is 13.2. The molecule has 1 saturated carbocycles. The Labute approximate surface area is 138 Å². The Morgan fingerprint density at radius 3 is 2.79 bits per heavy atom. The highest BCUT2D eigenvalue weighted by molar-refractivity contribution is 5.76. The summed E-state index contributed by atoms with van der Waals surface area (Å²) in [7, 11) is 0. The van der Waals surface area contributed by atoms with Gasteiger partial charge in [-0.2, -0.15) is 13.2 Å². The van der Waals surface area contributed by atoms with E-state index in [0.29, 0.717) is 26.1 Å². The Morgan fingerprint density at radius 2 is 2.12 bits per heavy atom. The van der Waals surface area contributed by atoms with Crippen molar-refractivity contribution in [2.75, 3.05) is 26.2 Å². The van der Waals surface area contributed by atoms with Gasteiger partial charge in [0.05, 0.1) is 11.0 Å². The maximum Gasteiger partial charge on any atom is 0.419 e. The van der Waals surface area contributed by atoms with Gasteiger partial charge in [0.25, 0.3) is 0 Å². The minimum Gasteiger partial charge on any atom is -0.492 e. The van der Waals surface area contributed by atoms with E-state index < -0.39 is 23.1 Å². The first-order chi connectivity index (χ1) is 11.3. The standard InChI is InChI=1S/C17H20F3NO3/c18-17(19,20)13-5-1-2-6-14(13)24-9-8-21-10-12-4-3-7-16(12,11-21)15(22)23/h1-2,5-6,12H,3-4,7-11H2,(H,22,23)/t12-,16+/m0/s1. The van der Waals surface area contributed by atoms with E-state index in [4.69, 9.17) is 4.74 Å². The second-order valence-electron chi connectivity index (χ2n) is 6.63. The van der Waals surface area contributed by atoms with E-state index in [9.17, 15) is 23.1 Å². The van der Waals surface area contributed by atoms with Crippen molar-refractivity contribution < 1.29 is 27.8 Å². The highest BCUT2D eigenvalue weighted by Crippen LogP contribution is 2.48. The molecule has 0 amide bonds. The molecular formula is C17H20F3NO3. The first kappa shape index (κ1) is 17.1. The fourth-order valence-corrected chi connectivity index (χ4v) is 4.02. The summed E-state index contributed by atoms with van der Waals surface area (Å²) < 4.78 is 44.1. The molecule has 1 N–H and O–H groups in total. The van der Waals surface area contributed by atoms with E-state index in [1.165, 1.54) is 18.2 Å². The molecule has 1 aromatic carbocycles. The quantitative estimate of drug-likeness (QED) is 0.891. The van der Waals surface area contributed by atoms with Crippen molar-refractivity contribution in [1.29, 1.82) is 0 Å². The number of benzene rings is 1. The van der Waals surface area contributed by atoms with E-state index in [1.807, 2.05) is 4.90 Å². The number of nitrogens with zero attached hydrogens (tertiary/aromatic N) is 1. The van der Waals surface area contributed by atoms with Crippen LogP contribution in [0, 0.1) is 11.3 Å². The molecule has 1 saturated heterocycles. The summed E-state index contributed by atoms with van der Waals surface area (Å²) >= 11 is 0.